The molecular formula is C16H20N2. The molecule has 94 valence electrons. The van der Waals surface area contributed by atoms with E-state index in [4.69, 9.17) is 0 Å². The van der Waals surface area contributed by atoms with E-state index in [1.807, 2.05) is 32.2 Å². The van der Waals surface area contributed by atoms with E-state index in [0.717, 1.165) is 23.5 Å². The Balaban J connectivity index is 3.00. The molecule has 0 bridgehead atoms. The van der Waals surface area contributed by atoms with Crippen LogP contribution < -0.4 is 4.90 Å². The Labute approximate surface area is 110 Å². The van der Waals surface area contributed by atoms with E-state index in [1.54, 1.807) is 6.08 Å². The molecule has 0 radical (unpaired) electrons. The molecule has 0 aromatic heterocycles. The number of aliphatic imine (C=N–C) groups is 1. The monoisotopic (exact) mass is 240 g/mol. The van der Waals surface area contributed by atoms with Crippen LogP contribution in [0, 0.1) is 6.92 Å². The van der Waals surface area contributed by atoms with E-state index in [0.29, 0.717) is 0 Å². The van der Waals surface area contributed by atoms with Crippen molar-refractivity contribution < 1.29 is 0 Å². The van der Waals surface area contributed by atoms with E-state index in [2.05, 4.69) is 41.9 Å². The van der Waals surface area contributed by atoms with Crippen LogP contribution in [0.2, 0.25) is 0 Å². The Morgan fingerprint density at radius 2 is 2.11 bits per heavy atom. The molecule has 0 unspecified atom stereocenters. The second-order valence-electron chi connectivity index (χ2n) is 4.19. The maximum absolute atomic E-state index is 4.07. The van der Waals surface area contributed by atoms with Crippen molar-refractivity contribution in [3.05, 3.63) is 60.7 Å². The Morgan fingerprint density at radius 1 is 1.39 bits per heavy atom. The molecule has 0 amide bonds. The largest absolute Gasteiger partial charge is 0.369 e. The zero-order chi connectivity index (χ0) is 13.5. The van der Waals surface area contributed by atoms with Crippen molar-refractivity contribution in [1.29, 1.82) is 0 Å². The molecular weight excluding hydrogens is 220 g/mol. The fourth-order valence-corrected chi connectivity index (χ4v) is 1.78. The van der Waals surface area contributed by atoms with Crippen LogP contribution >= 0.6 is 0 Å². The third kappa shape index (κ3) is 3.45. The molecule has 1 rings (SSSR count). The van der Waals surface area contributed by atoms with Crippen molar-refractivity contribution in [1.82, 2.24) is 0 Å². The number of benzene rings is 1. The first-order valence-electron chi connectivity index (χ1n) is 5.85. The van der Waals surface area contributed by atoms with Gasteiger partial charge in [-0.1, -0.05) is 37.5 Å². The third-order valence-corrected chi connectivity index (χ3v) is 2.73. The molecule has 0 heterocycles. The second-order valence-corrected chi connectivity index (χ2v) is 4.19. The molecule has 0 fully saturated rings. The first-order valence-corrected chi connectivity index (χ1v) is 5.85. The van der Waals surface area contributed by atoms with Gasteiger partial charge in [-0.15, -0.1) is 0 Å². The van der Waals surface area contributed by atoms with Gasteiger partial charge >= 0.3 is 0 Å². The van der Waals surface area contributed by atoms with Crippen molar-refractivity contribution in [2.45, 2.75) is 6.92 Å². The molecule has 2 nitrogen and oxygen atoms in total. The standard InChI is InChI=1S/C16H20N2/c1-6-8-14(7-2)12-18(5)16-10-9-13(3)11-15(16)17-4/h6-11H,1-2,4,12H2,3,5H3/b14-8+. The topological polar surface area (TPSA) is 15.6 Å². The predicted octanol–water partition coefficient (Wildman–Crippen LogP) is 4.06. The molecule has 0 aliphatic heterocycles. The van der Waals surface area contributed by atoms with Gasteiger partial charge in [-0.3, -0.25) is 4.99 Å². The molecule has 0 saturated heterocycles. The average Bonchev–Trinajstić information content (AvgIpc) is 2.37. The maximum Gasteiger partial charge on any atom is 0.0858 e. The van der Waals surface area contributed by atoms with Crippen LogP contribution in [-0.2, 0) is 0 Å². The molecule has 0 N–H and O–H groups in total. The van der Waals surface area contributed by atoms with Crippen molar-refractivity contribution in [3.8, 4) is 0 Å². The third-order valence-electron chi connectivity index (χ3n) is 2.73. The Hall–Kier alpha value is -2.09. The van der Waals surface area contributed by atoms with Gasteiger partial charge < -0.3 is 4.90 Å². The van der Waals surface area contributed by atoms with E-state index >= 15 is 0 Å². The van der Waals surface area contributed by atoms with Gasteiger partial charge in [-0.05, 0) is 36.9 Å². The average molecular weight is 240 g/mol. The van der Waals surface area contributed by atoms with Crippen LogP contribution in [0.3, 0.4) is 0 Å². The van der Waals surface area contributed by atoms with E-state index < -0.39 is 0 Å². The molecule has 2 heteroatoms. The van der Waals surface area contributed by atoms with Crippen LogP contribution in [0.1, 0.15) is 5.56 Å². The maximum atomic E-state index is 4.07. The van der Waals surface area contributed by atoms with Crippen molar-refractivity contribution in [3.63, 3.8) is 0 Å². The summed E-state index contributed by atoms with van der Waals surface area (Å²) in [6.45, 7) is 13.9. The summed E-state index contributed by atoms with van der Waals surface area (Å²) in [5, 5.41) is 0. The normalized spacial score (nSPS) is 10.9. The number of anilines is 1. The van der Waals surface area contributed by atoms with Crippen molar-refractivity contribution in [2.75, 3.05) is 18.5 Å². The molecule has 0 aliphatic rings. The Kier molecular flexibility index (Phi) is 5.12. The number of likely N-dealkylation sites (N-methyl/N-ethyl adjacent to an activating group) is 1. The fraction of sp³-hybridized carbons (Fsp3) is 0.188. The second kappa shape index (κ2) is 6.60. The van der Waals surface area contributed by atoms with E-state index in [9.17, 15) is 0 Å². The highest BCUT2D eigenvalue weighted by molar-refractivity contribution is 5.70. The van der Waals surface area contributed by atoms with Crippen LogP contribution in [0.15, 0.2) is 60.2 Å². The first kappa shape index (κ1) is 14.0. The number of allylic oxidation sites excluding steroid dienone is 2. The molecule has 1 aromatic rings. The van der Waals surface area contributed by atoms with Crippen LogP contribution in [0.4, 0.5) is 11.4 Å². The van der Waals surface area contributed by atoms with Crippen molar-refractivity contribution >= 4 is 18.1 Å². The summed E-state index contributed by atoms with van der Waals surface area (Å²) < 4.78 is 0. The summed E-state index contributed by atoms with van der Waals surface area (Å²) >= 11 is 0. The summed E-state index contributed by atoms with van der Waals surface area (Å²) in [5.74, 6) is 0. The summed E-state index contributed by atoms with van der Waals surface area (Å²) in [6, 6.07) is 6.17. The van der Waals surface area contributed by atoms with Gasteiger partial charge in [0.25, 0.3) is 0 Å². The lowest BCUT2D eigenvalue weighted by Gasteiger charge is -2.21. The van der Waals surface area contributed by atoms with Crippen LogP contribution in [0.25, 0.3) is 0 Å². The lowest BCUT2D eigenvalue weighted by atomic mass is 10.1. The summed E-state index contributed by atoms with van der Waals surface area (Å²) in [4.78, 5) is 6.20. The summed E-state index contributed by atoms with van der Waals surface area (Å²) in [6.07, 6.45) is 5.57. The number of hydrogen-bond donors (Lipinski definition) is 0. The van der Waals surface area contributed by atoms with Crippen LogP contribution in [0.5, 0.6) is 0 Å². The number of rotatable bonds is 6. The number of hydrogen-bond acceptors (Lipinski definition) is 2. The lowest BCUT2D eigenvalue weighted by molar-refractivity contribution is 1.00. The molecule has 0 spiro atoms. The van der Waals surface area contributed by atoms with E-state index in [-0.39, 0.29) is 0 Å². The highest BCUT2D eigenvalue weighted by Gasteiger charge is 2.07. The molecule has 18 heavy (non-hydrogen) atoms. The van der Waals surface area contributed by atoms with Crippen LogP contribution in [-0.4, -0.2) is 20.3 Å². The number of aryl methyl sites for hydroxylation is 1. The minimum Gasteiger partial charge on any atom is -0.369 e. The Bertz CT molecular complexity index is 484. The van der Waals surface area contributed by atoms with Gasteiger partial charge in [-0.2, -0.15) is 0 Å². The summed E-state index contributed by atoms with van der Waals surface area (Å²) in [7, 11) is 2.03. The highest BCUT2D eigenvalue weighted by Crippen LogP contribution is 2.29. The minimum atomic E-state index is 0.765. The van der Waals surface area contributed by atoms with Gasteiger partial charge in [0.1, 0.15) is 0 Å². The zero-order valence-corrected chi connectivity index (χ0v) is 11.2. The molecule has 0 atom stereocenters. The van der Waals surface area contributed by atoms with Gasteiger partial charge in [-0.25, -0.2) is 0 Å². The summed E-state index contributed by atoms with van der Waals surface area (Å²) in [5.41, 5.74) is 4.26. The van der Waals surface area contributed by atoms with Gasteiger partial charge in [0, 0.05) is 13.6 Å². The molecule has 0 saturated carbocycles. The SMILES string of the molecule is C=C/C=C(\C=C)CN(C)c1ccc(C)cc1N=C. The van der Waals surface area contributed by atoms with Crippen molar-refractivity contribution in [2.24, 2.45) is 4.99 Å². The Morgan fingerprint density at radius 3 is 2.67 bits per heavy atom. The highest BCUT2D eigenvalue weighted by atomic mass is 15.1. The molecule has 1 aromatic carbocycles. The fourth-order valence-electron chi connectivity index (χ4n) is 1.78. The van der Waals surface area contributed by atoms with Gasteiger partial charge in [0.05, 0.1) is 11.4 Å². The quantitative estimate of drug-likeness (QED) is 0.541. The smallest absolute Gasteiger partial charge is 0.0858 e. The zero-order valence-electron chi connectivity index (χ0n) is 11.2. The number of nitrogens with zero attached hydrogens (tertiary/aromatic N) is 2. The van der Waals surface area contributed by atoms with Gasteiger partial charge in [0.2, 0.25) is 0 Å². The van der Waals surface area contributed by atoms with E-state index in [1.165, 1.54) is 5.56 Å². The minimum absolute atomic E-state index is 0.765. The first-order chi connectivity index (χ1) is 8.62. The van der Waals surface area contributed by atoms with Gasteiger partial charge in [0.15, 0.2) is 0 Å². The predicted molar refractivity (Wildman–Crippen MR) is 82.1 cm³/mol. The molecule has 0 aliphatic carbocycles. The lowest BCUT2D eigenvalue weighted by Crippen LogP contribution is -2.19.